The zero-order valence-electron chi connectivity index (χ0n) is 12.0. The zero-order valence-corrected chi connectivity index (χ0v) is 12.8. The summed E-state index contributed by atoms with van der Waals surface area (Å²) in [6, 6.07) is 0.234. The normalized spacial score (nSPS) is 28.5. The van der Waals surface area contributed by atoms with Gasteiger partial charge in [0.25, 0.3) is 0 Å². The van der Waals surface area contributed by atoms with Crippen LogP contribution >= 0.6 is 0 Å². The van der Waals surface area contributed by atoms with E-state index in [9.17, 15) is 13.5 Å². The van der Waals surface area contributed by atoms with E-state index >= 15 is 0 Å². The number of piperazine rings is 1. The van der Waals surface area contributed by atoms with Gasteiger partial charge in [0.1, 0.15) is 0 Å². The Kier molecular flexibility index (Phi) is 4.87. The Balaban J connectivity index is 1.95. The van der Waals surface area contributed by atoms with Gasteiger partial charge < -0.3 is 5.11 Å². The number of β-amino-alcohol motifs (C(OH)–C–C–N with tert-alkyl or cyclic N) is 1. The molecule has 2 fully saturated rings. The molecule has 0 aromatic rings. The minimum atomic E-state index is -3.07. The lowest BCUT2D eigenvalue weighted by molar-refractivity contribution is 0.0613. The topological polar surface area (TPSA) is 60.9 Å². The summed E-state index contributed by atoms with van der Waals surface area (Å²) in [5.74, 6) is 0.736. The lowest BCUT2D eigenvalue weighted by Gasteiger charge is -2.41. The molecular weight excluding hydrogens is 264 g/mol. The van der Waals surface area contributed by atoms with Gasteiger partial charge >= 0.3 is 0 Å². The van der Waals surface area contributed by atoms with E-state index < -0.39 is 10.0 Å². The Labute approximate surface area is 116 Å². The molecule has 19 heavy (non-hydrogen) atoms. The largest absolute Gasteiger partial charge is 0.392 e. The van der Waals surface area contributed by atoms with Crippen LogP contribution in [0.2, 0.25) is 0 Å². The van der Waals surface area contributed by atoms with Crippen molar-refractivity contribution in [3.05, 3.63) is 0 Å². The van der Waals surface area contributed by atoms with Crippen LogP contribution in [0, 0.1) is 5.92 Å². The van der Waals surface area contributed by atoms with Crippen molar-refractivity contribution in [2.24, 2.45) is 5.92 Å². The quantitative estimate of drug-likeness (QED) is 0.774. The summed E-state index contributed by atoms with van der Waals surface area (Å²) in [7, 11) is -3.07. The predicted molar refractivity (Wildman–Crippen MR) is 75.4 cm³/mol. The fraction of sp³-hybridized carbons (Fsp3) is 1.00. The van der Waals surface area contributed by atoms with E-state index in [4.69, 9.17) is 0 Å². The molecule has 0 bridgehead atoms. The van der Waals surface area contributed by atoms with Gasteiger partial charge in [0.05, 0.1) is 11.9 Å². The van der Waals surface area contributed by atoms with Crippen LogP contribution in [-0.2, 0) is 10.0 Å². The standard InChI is InChI=1S/C13H26N2O3S/c1-3-13-9-15(7-6-14(13)8-11(2)16)19(17,18)10-12-4-5-12/h11-13,16H,3-10H2,1-2H3. The molecule has 0 aromatic heterocycles. The predicted octanol–water partition coefficient (Wildman–Crippen LogP) is 0.503. The highest BCUT2D eigenvalue weighted by molar-refractivity contribution is 7.89. The van der Waals surface area contributed by atoms with Gasteiger partial charge in [-0.25, -0.2) is 8.42 Å². The van der Waals surface area contributed by atoms with Crippen molar-refractivity contribution in [3.8, 4) is 0 Å². The van der Waals surface area contributed by atoms with Crippen molar-refractivity contribution in [3.63, 3.8) is 0 Å². The molecule has 112 valence electrons. The van der Waals surface area contributed by atoms with Gasteiger partial charge in [0.2, 0.25) is 10.0 Å². The Morgan fingerprint density at radius 1 is 1.32 bits per heavy atom. The lowest BCUT2D eigenvalue weighted by atomic mass is 10.1. The van der Waals surface area contributed by atoms with Crippen molar-refractivity contribution >= 4 is 10.0 Å². The summed E-state index contributed by atoms with van der Waals surface area (Å²) in [6.45, 7) is 6.37. The summed E-state index contributed by atoms with van der Waals surface area (Å²) in [4.78, 5) is 2.22. The first-order valence-electron chi connectivity index (χ1n) is 7.32. The average molecular weight is 290 g/mol. The fourth-order valence-electron chi connectivity index (χ4n) is 2.77. The molecule has 6 heteroatoms. The number of hydrogen-bond acceptors (Lipinski definition) is 4. The molecule has 1 saturated carbocycles. The van der Waals surface area contributed by atoms with Gasteiger partial charge in [-0.3, -0.25) is 4.90 Å². The third-order valence-corrected chi connectivity index (χ3v) is 6.09. The molecule has 2 rings (SSSR count). The highest BCUT2D eigenvalue weighted by Crippen LogP contribution is 2.31. The highest BCUT2D eigenvalue weighted by atomic mass is 32.2. The van der Waals surface area contributed by atoms with Gasteiger partial charge in [-0.2, -0.15) is 4.31 Å². The smallest absolute Gasteiger partial charge is 0.214 e. The van der Waals surface area contributed by atoms with Crippen LogP contribution in [0.5, 0.6) is 0 Å². The molecule has 1 aliphatic carbocycles. The average Bonchev–Trinajstić information content (AvgIpc) is 3.11. The molecule has 0 radical (unpaired) electrons. The van der Waals surface area contributed by atoms with Crippen molar-refractivity contribution in [2.45, 2.75) is 45.3 Å². The van der Waals surface area contributed by atoms with Gasteiger partial charge in [-0.15, -0.1) is 0 Å². The molecular formula is C13H26N2O3S. The zero-order chi connectivity index (χ0) is 14.0. The van der Waals surface area contributed by atoms with Crippen molar-refractivity contribution < 1.29 is 13.5 Å². The summed E-state index contributed by atoms with van der Waals surface area (Å²) in [6.07, 6.45) is 2.70. The lowest BCUT2D eigenvalue weighted by Crippen LogP contribution is -2.56. The SMILES string of the molecule is CCC1CN(S(=O)(=O)CC2CC2)CCN1CC(C)O. The van der Waals surface area contributed by atoms with E-state index in [-0.39, 0.29) is 12.1 Å². The number of aliphatic hydroxyl groups is 1. The molecule has 1 aliphatic heterocycles. The third-order valence-electron chi connectivity index (χ3n) is 4.07. The van der Waals surface area contributed by atoms with Crippen molar-refractivity contribution in [2.75, 3.05) is 31.9 Å². The summed E-state index contributed by atoms with van der Waals surface area (Å²) < 4.78 is 26.2. The number of nitrogens with zero attached hydrogens (tertiary/aromatic N) is 2. The number of hydrogen-bond donors (Lipinski definition) is 1. The second-order valence-corrected chi connectivity index (χ2v) is 8.00. The Bertz CT molecular complexity index is 393. The molecule has 1 saturated heterocycles. The van der Waals surface area contributed by atoms with E-state index in [0.29, 0.717) is 31.3 Å². The van der Waals surface area contributed by atoms with E-state index in [1.54, 1.807) is 11.2 Å². The van der Waals surface area contributed by atoms with Crippen molar-refractivity contribution in [1.82, 2.24) is 9.21 Å². The molecule has 0 aromatic carbocycles. The first-order chi connectivity index (χ1) is 8.92. The van der Waals surface area contributed by atoms with Gasteiger partial charge in [0, 0.05) is 32.2 Å². The number of sulfonamides is 1. The Hall–Kier alpha value is -0.170. The van der Waals surface area contributed by atoms with Crippen LogP contribution in [0.1, 0.15) is 33.1 Å². The first-order valence-corrected chi connectivity index (χ1v) is 8.93. The minimum absolute atomic E-state index is 0.234. The van der Waals surface area contributed by atoms with Crippen LogP contribution in [0.4, 0.5) is 0 Å². The summed E-state index contributed by atoms with van der Waals surface area (Å²) >= 11 is 0. The molecule has 0 spiro atoms. The highest BCUT2D eigenvalue weighted by Gasteiger charge is 2.36. The third kappa shape index (κ3) is 4.15. The summed E-state index contributed by atoms with van der Waals surface area (Å²) in [5, 5.41) is 9.50. The van der Waals surface area contributed by atoms with Crippen molar-refractivity contribution in [1.29, 1.82) is 0 Å². The maximum Gasteiger partial charge on any atom is 0.214 e. The molecule has 2 atom stereocenters. The fourth-order valence-corrected chi connectivity index (χ4v) is 4.67. The first kappa shape index (κ1) is 15.2. The van der Waals surface area contributed by atoms with Crippen LogP contribution in [0.15, 0.2) is 0 Å². The van der Waals surface area contributed by atoms with Crippen LogP contribution in [-0.4, -0.2) is 66.8 Å². The second-order valence-electron chi connectivity index (χ2n) is 5.99. The summed E-state index contributed by atoms with van der Waals surface area (Å²) in [5.41, 5.74) is 0. The number of rotatable bonds is 6. The van der Waals surface area contributed by atoms with E-state index in [1.807, 2.05) is 0 Å². The van der Waals surface area contributed by atoms with Gasteiger partial charge in [-0.05, 0) is 32.1 Å². The molecule has 5 nitrogen and oxygen atoms in total. The second kappa shape index (κ2) is 6.08. The van der Waals surface area contributed by atoms with E-state index in [0.717, 1.165) is 25.8 Å². The maximum absolute atomic E-state index is 12.3. The van der Waals surface area contributed by atoms with E-state index in [2.05, 4.69) is 11.8 Å². The van der Waals surface area contributed by atoms with Crippen LogP contribution in [0.3, 0.4) is 0 Å². The van der Waals surface area contributed by atoms with Gasteiger partial charge in [0.15, 0.2) is 0 Å². The van der Waals surface area contributed by atoms with Crippen LogP contribution < -0.4 is 0 Å². The Morgan fingerprint density at radius 2 is 2.00 bits per heavy atom. The maximum atomic E-state index is 12.3. The molecule has 0 amide bonds. The molecule has 2 aliphatic rings. The number of aliphatic hydroxyl groups excluding tert-OH is 1. The molecule has 1 heterocycles. The van der Waals surface area contributed by atoms with Crippen LogP contribution in [0.25, 0.3) is 0 Å². The monoisotopic (exact) mass is 290 g/mol. The van der Waals surface area contributed by atoms with Gasteiger partial charge in [-0.1, -0.05) is 6.92 Å². The van der Waals surface area contributed by atoms with E-state index in [1.165, 1.54) is 0 Å². The molecule has 2 unspecified atom stereocenters. The Morgan fingerprint density at radius 3 is 2.53 bits per heavy atom. The minimum Gasteiger partial charge on any atom is -0.392 e. The molecule has 1 N–H and O–H groups in total.